The smallest absolute Gasteiger partial charge is 0.242 e. The van der Waals surface area contributed by atoms with E-state index < -0.39 is 6.04 Å². The molecule has 1 aliphatic heterocycles. The van der Waals surface area contributed by atoms with Gasteiger partial charge < -0.3 is 20.3 Å². The summed E-state index contributed by atoms with van der Waals surface area (Å²) in [5, 5.41) is 5.50. The van der Waals surface area contributed by atoms with Gasteiger partial charge in [-0.05, 0) is 33.1 Å². The van der Waals surface area contributed by atoms with Gasteiger partial charge in [0.2, 0.25) is 17.7 Å². The molecule has 1 heterocycles. The molecule has 136 valence electrons. The van der Waals surface area contributed by atoms with E-state index in [1.165, 1.54) is 0 Å². The molecule has 2 N–H and O–H groups in total. The van der Waals surface area contributed by atoms with Crippen LogP contribution in [0.2, 0.25) is 0 Å². The van der Waals surface area contributed by atoms with Gasteiger partial charge in [-0.3, -0.25) is 14.4 Å². The van der Waals surface area contributed by atoms with Crippen LogP contribution in [0.3, 0.4) is 0 Å². The van der Waals surface area contributed by atoms with Gasteiger partial charge in [0.25, 0.3) is 0 Å². The van der Waals surface area contributed by atoms with Crippen LogP contribution in [0.25, 0.3) is 0 Å². The average Bonchev–Trinajstić information content (AvgIpc) is 3.14. The first-order valence-electron chi connectivity index (χ1n) is 8.76. The quantitative estimate of drug-likeness (QED) is 0.638. The van der Waals surface area contributed by atoms with Crippen molar-refractivity contribution in [3.05, 3.63) is 0 Å². The van der Waals surface area contributed by atoms with Crippen molar-refractivity contribution in [2.24, 2.45) is 5.41 Å². The van der Waals surface area contributed by atoms with E-state index in [9.17, 15) is 14.4 Å². The van der Waals surface area contributed by atoms with E-state index in [0.29, 0.717) is 39.0 Å². The van der Waals surface area contributed by atoms with Gasteiger partial charge in [0.1, 0.15) is 6.04 Å². The predicted octanol–water partition coefficient (Wildman–Crippen LogP) is 0.435. The summed E-state index contributed by atoms with van der Waals surface area (Å²) in [6, 6.07) is -0.520. The van der Waals surface area contributed by atoms with E-state index in [1.54, 1.807) is 7.11 Å². The van der Waals surface area contributed by atoms with Crippen molar-refractivity contribution in [3.8, 4) is 0 Å². The fraction of sp³-hybridized carbons (Fsp3) is 0.824. The molecule has 3 amide bonds. The van der Waals surface area contributed by atoms with Crippen LogP contribution in [0.5, 0.6) is 0 Å². The Labute approximate surface area is 143 Å². The third-order valence-corrected chi connectivity index (χ3v) is 5.01. The predicted molar refractivity (Wildman–Crippen MR) is 89.2 cm³/mol. The number of nitrogens with one attached hydrogen (secondary N) is 2. The molecule has 1 saturated heterocycles. The highest BCUT2D eigenvalue weighted by Crippen LogP contribution is 2.49. The van der Waals surface area contributed by atoms with Crippen LogP contribution in [-0.2, 0) is 19.1 Å². The summed E-state index contributed by atoms with van der Waals surface area (Å²) in [4.78, 5) is 37.6. The van der Waals surface area contributed by atoms with E-state index in [-0.39, 0.29) is 29.2 Å². The number of rotatable bonds is 9. The van der Waals surface area contributed by atoms with Gasteiger partial charge in [0.15, 0.2) is 0 Å². The van der Waals surface area contributed by atoms with Crippen LogP contribution in [0.4, 0.5) is 0 Å². The van der Waals surface area contributed by atoms with Crippen LogP contribution in [0.1, 0.15) is 46.0 Å². The number of carbonyl (C=O) groups excluding carboxylic acids is 3. The molecule has 1 saturated carbocycles. The monoisotopic (exact) mass is 339 g/mol. The lowest BCUT2D eigenvalue weighted by Crippen LogP contribution is -2.49. The fourth-order valence-corrected chi connectivity index (χ4v) is 3.30. The minimum absolute atomic E-state index is 0.0242. The van der Waals surface area contributed by atoms with E-state index in [0.717, 1.165) is 12.8 Å². The summed E-state index contributed by atoms with van der Waals surface area (Å²) in [5.74, 6) is -0.140. The second-order valence-electron chi connectivity index (χ2n) is 7.04. The zero-order chi connectivity index (χ0) is 17.7. The standard InChI is InChI=1S/C17H29N3O4/c1-4-20(15(22)9-17(7-8-17)11-24-3)12(2)10-18-16(23)13-5-6-14(21)19-13/h12-13H,4-11H2,1-3H3,(H,18,23)(H,19,21)/t12-,13-/m1/s1. The van der Waals surface area contributed by atoms with Crippen molar-refractivity contribution in [3.63, 3.8) is 0 Å². The summed E-state index contributed by atoms with van der Waals surface area (Å²) in [6.07, 6.45) is 3.52. The summed E-state index contributed by atoms with van der Waals surface area (Å²) in [7, 11) is 1.67. The van der Waals surface area contributed by atoms with Crippen molar-refractivity contribution in [2.75, 3.05) is 26.8 Å². The number of carbonyl (C=O) groups is 3. The van der Waals surface area contributed by atoms with Crippen molar-refractivity contribution in [1.82, 2.24) is 15.5 Å². The number of hydrogen-bond donors (Lipinski definition) is 2. The Bertz CT molecular complexity index is 490. The van der Waals surface area contributed by atoms with E-state index in [4.69, 9.17) is 4.74 Å². The van der Waals surface area contributed by atoms with Gasteiger partial charge in [-0.2, -0.15) is 0 Å². The van der Waals surface area contributed by atoms with Gasteiger partial charge in [0, 0.05) is 44.5 Å². The van der Waals surface area contributed by atoms with Gasteiger partial charge in [0.05, 0.1) is 6.61 Å². The fourth-order valence-electron chi connectivity index (χ4n) is 3.30. The molecule has 0 unspecified atom stereocenters. The minimum Gasteiger partial charge on any atom is -0.384 e. The summed E-state index contributed by atoms with van der Waals surface area (Å²) < 4.78 is 5.23. The van der Waals surface area contributed by atoms with Crippen LogP contribution in [0, 0.1) is 5.41 Å². The number of likely N-dealkylation sites (N-methyl/N-ethyl adjacent to an activating group) is 1. The lowest BCUT2D eigenvalue weighted by molar-refractivity contribution is -0.135. The van der Waals surface area contributed by atoms with Crippen molar-refractivity contribution >= 4 is 17.7 Å². The number of methoxy groups -OCH3 is 1. The SMILES string of the molecule is CCN(C(=O)CC1(COC)CC1)[C@H](C)CNC(=O)[C@H]1CCC(=O)N1. The molecule has 0 spiro atoms. The van der Waals surface area contributed by atoms with E-state index in [1.807, 2.05) is 18.7 Å². The maximum Gasteiger partial charge on any atom is 0.242 e. The molecule has 2 rings (SSSR count). The molecule has 0 radical (unpaired) electrons. The Morgan fingerprint density at radius 3 is 2.67 bits per heavy atom. The van der Waals surface area contributed by atoms with Crippen molar-refractivity contribution in [1.29, 1.82) is 0 Å². The van der Waals surface area contributed by atoms with Gasteiger partial charge in [-0.25, -0.2) is 0 Å². The molecular weight excluding hydrogens is 310 g/mol. The first-order valence-corrected chi connectivity index (χ1v) is 8.76. The van der Waals surface area contributed by atoms with Crippen LogP contribution in [0.15, 0.2) is 0 Å². The van der Waals surface area contributed by atoms with Crippen LogP contribution in [-0.4, -0.2) is 61.5 Å². The molecule has 0 aromatic heterocycles. The molecule has 2 atom stereocenters. The van der Waals surface area contributed by atoms with Gasteiger partial charge in [-0.1, -0.05) is 0 Å². The first kappa shape index (κ1) is 18.7. The topological polar surface area (TPSA) is 87.7 Å². The number of nitrogens with zero attached hydrogens (tertiary/aromatic N) is 1. The summed E-state index contributed by atoms with van der Waals surface area (Å²) in [6.45, 7) is 5.51. The third-order valence-electron chi connectivity index (χ3n) is 5.01. The largest absolute Gasteiger partial charge is 0.384 e. The lowest BCUT2D eigenvalue weighted by atomic mass is 10.0. The number of hydrogen-bond acceptors (Lipinski definition) is 4. The van der Waals surface area contributed by atoms with Crippen LogP contribution < -0.4 is 10.6 Å². The number of amides is 3. The molecule has 7 heteroatoms. The maximum absolute atomic E-state index is 12.6. The Morgan fingerprint density at radius 1 is 1.46 bits per heavy atom. The highest BCUT2D eigenvalue weighted by Gasteiger charge is 2.45. The van der Waals surface area contributed by atoms with E-state index >= 15 is 0 Å². The number of ether oxygens (including phenoxy) is 1. The Balaban J connectivity index is 1.80. The van der Waals surface area contributed by atoms with Gasteiger partial charge >= 0.3 is 0 Å². The average molecular weight is 339 g/mol. The molecular formula is C17H29N3O4. The first-order chi connectivity index (χ1) is 11.4. The second-order valence-corrected chi connectivity index (χ2v) is 7.04. The molecule has 2 aliphatic rings. The molecule has 1 aliphatic carbocycles. The molecule has 2 fully saturated rings. The molecule has 0 aromatic rings. The molecule has 7 nitrogen and oxygen atoms in total. The minimum atomic E-state index is -0.438. The molecule has 0 bridgehead atoms. The summed E-state index contributed by atoms with van der Waals surface area (Å²) >= 11 is 0. The normalized spacial score (nSPS) is 22.6. The highest BCUT2D eigenvalue weighted by atomic mass is 16.5. The van der Waals surface area contributed by atoms with Gasteiger partial charge in [-0.15, -0.1) is 0 Å². The Morgan fingerprint density at radius 2 is 2.17 bits per heavy atom. The highest BCUT2D eigenvalue weighted by molar-refractivity contribution is 5.90. The zero-order valence-corrected chi connectivity index (χ0v) is 14.9. The van der Waals surface area contributed by atoms with Crippen molar-refractivity contribution in [2.45, 2.75) is 58.0 Å². The second kappa shape index (κ2) is 7.96. The summed E-state index contributed by atoms with van der Waals surface area (Å²) in [5.41, 5.74) is 0.0242. The molecule has 24 heavy (non-hydrogen) atoms. The lowest BCUT2D eigenvalue weighted by Gasteiger charge is -2.30. The zero-order valence-electron chi connectivity index (χ0n) is 14.9. The van der Waals surface area contributed by atoms with Crippen LogP contribution >= 0.6 is 0 Å². The molecule has 0 aromatic carbocycles. The van der Waals surface area contributed by atoms with Crippen molar-refractivity contribution < 1.29 is 19.1 Å². The van der Waals surface area contributed by atoms with E-state index in [2.05, 4.69) is 10.6 Å². The Kier molecular flexibility index (Phi) is 6.21. The maximum atomic E-state index is 12.6. The Hall–Kier alpha value is -1.63. The third kappa shape index (κ3) is 4.69.